The molecule has 1 aromatic heterocycles. The van der Waals surface area contributed by atoms with E-state index < -0.39 is 18.0 Å². The molecular formula is C18H20N2O5. The Morgan fingerprint density at radius 1 is 1.28 bits per heavy atom. The maximum Gasteiger partial charge on any atom is 0.303 e. The van der Waals surface area contributed by atoms with Gasteiger partial charge in [0.15, 0.2) is 0 Å². The van der Waals surface area contributed by atoms with E-state index in [0.717, 1.165) is 5.56 Å². The molecule has 0 unspecified atom stereocenters. The Morgan fingerprint density at radius 2 is 2.00 bits per heavy atom. The maximum absolute atomic E-state index is 12.5. The summed E-state index contributed by atoms with van der Waals surface area (Å²) < 4.78 is 5.65. The van der Waals surface area contributed by atoms with Crippen LogP contribution in [-0.2, 0) is 16.0 Å². The molecule has 7 heteroatoms. The van der Waals surface area contributed by atoms with Crippen LogP contribution < -0.4 is 0 Å². The molecule has 2 heterocycles. The number of aromatic nitrogens is 1. The number of nitrogens with zero attached hydrogens (tertiary/aromatic N) is 2. The van der Waals surface area contributed by atoms with E-state index in [1.807, 2.05) is 30.3 Å². The fourth-order valence-electron chi connectivity index (χ4n) is 3.03. The van der Waals surface area contributed by atoms with Crippen LogP contribution in [0.1, 0.15) is 17.9 Å². The van der Waals surface area contributed by atoms with E-state index >= 15 is 0 Å². The van der Waals surface area contributed by atoms with Gasteiger partial charge in [-0.1, -0.05) is 18.2 Å². The highest BCUT2D eigenvalue weighted by atomic mass is 16.4. The van der Waals surface area contributed by atoms with E-state index in [0.29, 0.717) is 17.3 Å². The van der Waals surface area contributed by atoms with Gasteiger partial charge >= 0.3 is 5.97 Å². The zero-order valence-electron chi connectivity index (χ0n) is 13.9. The molecule has 1 saturated heterocycles. The van der Waals surface area contributed by atoms with Crippen molar-refractivity contribution in [2.45, 2.75) is 25.9 Å². The highest BCUT2D eigenvalue weighted by molar-refractivity contribution is 5.79. The topological polar surface area (TPSA) is 104 Å². The third kappa shape index (κ3) is 3.88. The molecule has 1 aromatic carbocycles. The standard InChI is InChI=1S/C18H20N2O5/c1-11-14(19-18(25-11)12-5-3-2-4-6-12)8-16(22)20-9-13(7-17(23)24)15(21)10-20/h2-6,13,15,21H,7-10H2,1H3,(H,23,24)/t13-,15-/m1/s1. The molecule has 0 saturated carbocycles. The van der Waals surface area contributed by atoms with Crippen LogP contribution in [0, 0.1) is 12.8 Å². The summed E-state index contributed by atoms with van der Waals surface area (Å²) in [6.45, 7) is 2.15. The Morgan fingerprint density at radius 3 is 2.68 bits per heavy atom. The summed E-state index contributed by atoms with van der Waals surface area (Å²) in [5, 5.41) is 18.8. The van der Waals surface area contributed by atoms with E-state index in [1.54, 1.807) is 6.92 Å². The lowest BCUT2D eigenvalue weighted by Crippen LogP contribution is -2.31. The maximum atomic E-state index is 12.5. The van der Waals surface area contributed by atoms with Crippen molar-refractivity contribution in [2.24, 2.45) is 5.92 Å². The van der Waals surface area contributed by atoms with Gasteiger partial charge in [0.2, 0.25) is 11.8 Å². The van der Waals surface area contributed by atoms with Crippen molar-refractivity contribution in [3.63, 3.8) is 0 Å². The minimum Gasteiger partial charge on any atom is -0.481 e. The normalized spacial score (nSPS) is 20.0. The zero-order chi connectivity index (χ0) is 18.0. The molecule has 0 spiro atoms. The molecule has 2 atom stereocenters. The van der Waals surface area contributed by atoms with Gasteiger partial charge in [-0.2, -0.15) is 0 Å². The first kappa shape index (κ1) is 17.2. The first-order valence-corrected chi connectivity index (χ1v) is 8.13. The van der Waals surface area contributed by atoms with Crippen molar-refractivity contribution in [1.29, 1.82) is 0 Å². The molecule has 1 fully saturated rings. The van der Waals surface area contributed by atoms with Gasteiger partial charge in [0.05, 0.1) is 24.6 Å². The summed E-state index contributed by atoms with van der Waals surface area (Å²) in [5.41, 5.74) is 1.39. The smallest absolute Gasteiger partial charge is 0.303 e. The van der Waals surface area contributed by atoms with Crippen molar-refractivity contribution in [2.75, 3.05) is 13.1 Å². The number of hydrogen-bond acceptors (Lipinski definition) is 5. The largest absolute Gasteiger partial charge is 0.481 e. The molecule has 0 bridgehead atoms. The van der Waals surface area contributed by atoms with Crippen LogP contribution in [0.4, 0.5) is 0 Å². The summed E-state index contributed by atoms with van der Waals surface area (Å²) in [6.07, 6.45) is -0.890. The summed E-state index contributed by atoms with van der Waals surface area (Å²) in [5.74, 6) is -0.555. The highest BCUT2D eigenvalue weighted by Crippen LogP contribution is 2.24. The number of carbonyl (C=O) groups excluding carboxylic acids is 1. The fraction of sp³-hybridized carbons (Fsp3) is 0.389. The molecule has 2 aromatic rings. The number of likely N-dealkylation sites (tertiary alicyclic amines) is 1. The monoisotopic (exact) mass is 344 g/mol. The van der Waals surface area contributed by atoms with Crippen molar-refractivity contribution >= 4 is 11.9 Å². The minimum absolute atomic E-state index is 0.0642. The van der Waals surface area contributed by atoms with Crippen molar-refractivity contribution in [3.8, 4) is 11.5 Å². The average Bonchev–Trinajstić information content (AvgIpc) is 3.12. The Bertz CT molecular complexity index is 771. The molecule has 0 aliphatic carbocycles. The highest BCUT2D eigenvalue weighted by Gasteiger charge is 2.35. The second kappa shape index (κ2) is 7.06. The molecule has 3 rings (SSSR count). The van der Waals surface area contributed by atoms with Gasteiger partial charge in [-0.3, -0.25) is 9.59 Å². The third-order valence-corrected chi connectivity index (χ3v) is 4.43. The third-order valence-electron chi connectivity index (χ3n) is 4.43. The number of hydrogen-bond donors (Lipinski definition) is 2. The lowest BCUT2D eigenvalue weighted by molar-refractivity contribution is -0.139. The summed E-state index contributed by atoms with van der Waals surface area (Å²) in [6, 6.07) is 9.42. The Balaban J connectivity index is 1.68. The van der Waals surface area contributed by atoms with Gasteiger partial charge in [-0.15, -0.1) is 0 Å². The van der Waals surface area contributed by atoms with Crippen LogP contribution >= 0.6 is 0 Å². The quantitative estimate of drug-likeness (QED) is 0.851. The molecule has 1 amide bonds. The summed E-state index contributed by atoms with van der Waals surface area (Å²) in [4.78, 5) is 29.2. The predicted molar refractivity (Wildman–Crippen MR) is 88.7 cm³/mol. The van der Waals surface area contributed by atoms with Crippen LogP contribution in [0.15, 0.2) is 34.7 Å². The van der Waals surface area contributed by atoms with Gasteiger partial charge in [-0.05, 0) is 19.1 Å². The van der Waals surface area contributed by atoms with E-state index in [2.05, 4.69) is 4.98 Å². The lowest BCUT2D eigenvalue weighted by atomic mass is 10.0. The average molecular weight is 344 g/mol. The molecule has 132 valence electrons. The molecular weight excluding hydrogens is 324 g/mol. The molecule has 0 radical (unpaired) electrons. The number of carboxylic acid groups (broad SMARTS) is 1. The number of aliphatic hydroxyl groups is 1. The fourth-order valence-corrected chi connectivity index (χ4v) is 3.03. The SMILES string of the molecule is Cc1oc(-c2ccccc2)nc1CC(=O)N1C[C@@H](CC(=O)O)[C@H](O)C1. The van der Waals surface area contributed by atoms with Gasteiger partial charge < -0.3 is 19.5 Å². The molecule has 1 aliphatic rings. The van der Waals surface area contributed by atoms with Gasteiger partial charge in [0.25, 0.3) is 0 Å². The Hall–Kier alpha value is -2.67. The molecule has 7 nitrogen and oxygen atoms in total. The second-order valence-corrected chi connectivity index (χ2v) is 6.29. The number of carboxylic acids is 1. The van der Waals surface area contributed by atoms with Gasteiger partial charge in [-0.25, -0.2) is 4.98 Å². The van der Waals surface area contributed by atoms with Crippen LogP contribution in [0.3, 0.4) is 0 Å². The minimum atomic E-state index is -0.974. The number of aliphatic hydroxyl groups excluding tert-OH is 1. The second-order valence-electron chi connectivity index (χ2n) is 6.29. The number of β-amino-alcohol motifs (C(OH)–C–C–N with tert-alkyl or cyclic N) is 1. The first-order chi connectivity index (χ1) is 11.9. The van der Waals surface area contributed by atoms with E-state index in [9.17, 15) is 14.7 Å². The van der Waals surface area contributed by atoms with Crippen LogP contribution in [0.2, 0.25) is 0 Å². The predicted octanol–water partition coefficient (Wildman–Crippen LogP) is 1.49. The number of aryl methyl sites for hydroxylation is 1. The Kier molecular flexibility index (Phi) is 4.85. The lowest BCUT2D eigenvalue weighted by Gasteiger charge is -2.15. The Labute approximate surface area is 144 Å². The summed E-state index contributed by atoms with van der Waals surface area (Å²) >= 11 is 0. The number of rotatable bonds is 5. The number of aliphatic carboxylic acids is 1. The van der Waals surface area contributed by atoms with E-state index in [1.165, 1.54) is 4.90 Å². The number of benzene rings is 1. The summed E-state index contributed by atoms with van der Waals surface area (Å²) in [7, 11) is 0. The van der Waals surface area contributed by atoms with Crippen LogP contribution in [0.5, 0.6) is 0 Å². The first-order valence-electron chi connectivity index (χ1n) is 8.13. The number of amides is 1. The van der Waals surface area contributed by atoms with Crippen LogP contribution in [-0.4, -0.2) is 51.2 Å². The van der Waals surface area contributed by atoms with Crippen molar-refractivity contribution in [1.82, 2.24) is 9.88 Å². The number of oxazole rings is 1. The number of carbonyl (C=O) groups is 2. The van der Waals surface area contributed by atoms with Crippen molar-refractivity contribution < 1.29 is 24.2 Å². The molecule has 25 heavy (non-hydrogen) atoms. The molecule has 2 N–H and O–H groups in total. The zero-order valence-corrected chi connectivity index (χ0v) is 13.9. The van der Waals surface area contributed by atoms with Gasteiger partial charge in [0, 0.05) is 24.6 Å². The molecule has 1 aliphatic heterocycles. The van der Waals surface area contributed by atoms with Crippen LogP contribution in [0.25, 0.3) is 11.5 Å². The van der Waals surface area contributed by atoms with Crippen molar-refractivity contribution in [3.05, 3.63) is 41.8 Å². The van der Waals surface area contributed by atoms with E-state index in [4.69, 9.17) is 9.52 Å². The van der Waals surface area contributed by atoms with Gasteiger partial charge in [0.1, 0.15) is 5.76 Å². The van der Waals surface area contributed by atoms with E-state index in [-0.39, 0.29) is 31.8 Å².